The fraction of sp³-hybridized carbons (Fsp3) is 0.435. The lowest BCUT2D eigenvalue weighted by atomic mass is 10.0. The summed E-state index contributed by atoms with van der Waals surface area (Å²) in [6.07, 6.45) is 2.75. The lowest BCUT2D eigenvalue weighted by molar-refractivity contribution is -0.120. The zero-order valence-electron chi connectivity index (χ0n) is 16.9. The molecule has 2 aliphatic rings. The van der Waals surface area contributed by atoms with Gasteiger partial charge in [0.05, 0.1) is 19.1 Å². The van der Waals surface area contributed by atoms with E-state index in [0.717, 1.165) is 41.5 Å². The maximum atomic E-state index is 12.6. The number of carbonyl (C=O) groups excluding carboxylic acids is 1. The van der Waals surface area contributed by atoms with Crippen LogP contribution < -0.4 is 19.5 Å². The molecule has 2 aromatic rings. The van der Waals surface area contributed by atoms with Crippen LogP contribution >= 0.6 is 0 Å². The van der Waals surface area contributed by atoms with Crippen molar-refractivity contribution in [3.8, 4) is 17.2 Å². The third kappa shape index (κ3) is 4.82. The highest BCUT2D eigenvalue weighted by Gasteiger charge is 2.26. The Balaban J connectivity index is 1.39. The molecule has 29 heavy (non-hydrogen) atoms. The van der Waals surface area contributed by atoms with E-state index in [0.29, 0.717) is 19.6 Å². The molecule has 4 rings (SSSR count). The summed E-state index contributed by atoms with van der Waals surface area (Å²) in [7, 11) is 0. The van der Waals surface area contributed by atoms with Gasteiger partial charge in [0.25, 0.3) is 0 Å². The number of nitrogens with one attached hydrogen (secondary N) is 1. The molecular formula is C23H28N2O4. The predicted octanol–water partition coefficient (Wildman–Crippen LogP) is 3.31. The first kappa shape index (κ1) is 19.6. The van der Waals surface area contributed by atoms with Crippen LogP contribution in [0.1, 0.15) is 36.9 Å². The molecule has 1 unspecified atom stereocenters. The Morgan fingerprint density at radius 2 is 1.86 bits per heavy atom. The van der Waals surface area contributed by atoms with Gasteiger partial charge < -0.3 is 19.5 Å². The molecule has 0 spiro atoms. The van der Waals surface area contributed by atoms with E-state index in [2.05, 4.69) is 16.3 Å². The summed E-state index contributed by atoms with van der Waals surface area (Å²) in [4.78, 5) is 15.0. The van der Waals surface area contributed by atoms with Gasteiger partial charge in [0.2, 0.25) is 12.7 Å². The van der Waals surface area contributed by atoms with Crippen LogP contribution in [0.3, 0.4) is 0 Å². The summed E-state index contributed by atoms with van der Waals surface area (Å²) in [5.74, 6) is 2.42. The first-order chi connectivity index (χ1) is 14.2. The minimum Gasteiger partial charge on any atom is -0.494 e. The van der Waals surface area contributed by atoms with E-state index in [1.165, 1.54) is 12.8 Å². The summed E-state index contributed by atoms with van der Waals surface area (Å²) < 4.78 is 16.4. The molecule has 2 aliphatic heterocycles. The minimum atomic E-state index is 0.0269. The van der Waals surface area contributed by atoms with Crippen molar-refractivity contribution in [2.24, 2.45) is 0 Å². The molecule has 1 atom stereocenters. The molecule has 0 aliphatic carbocycles. The maximum absolute atomic E-state index is 12.6. The Hall–Kier alpha value is -2.73. The lowest BCUT2D eigenvalue weighted by Gasteiger charge is -2.28. The first-order valence-electron chi connectivity index (χ1n) is 10.3. The second-order valence-electron chi connectivity index (χ2n) is 7.43. The number of amides is 1. The Bertz CT molecular complexity index is 831. The van der Waals surface area contributed by atoms with Crippen LogP contribution in [0.5, 0.6) is 17.2 Å². The van der Waals surface area contributed by atoms with Crippen LogP contribution in [0.2, 0.25) is 0 Å². The molecule has 6 heteroatoms. The number of ether oxygens (including phenoxy) is 3. The van der Waals surface area contributed by atoms with Crippen LogP contribution in [-0.2, 0) is 11.2 Å². The number of rotatable bonds is 8. The van der Waals surface area contributed by atoms with Crippen molar-refractivity contribution >= 4 is 5.91 Å². The molecule has 1 saturated heterocycles. The van der Waals surface area contributed by atoms with Crippen LogP contribution in [-0.4, -0.2) is 43.8 Å². The summed E-state index contributed by atoms with van der Waals surface area (Å²) in [5.41, 5.74) is 2.13. The zero-order chi connectivity index (χ0) is 20.1. The average Bonchev–Trinajstić information content (AvgIpc) is 3.41. The molecule has 6 nitrogen and oxygen atoms in total. The number of hydrogen-bond donors (Lipinski definition) is 1. The van der Waals surface area contributed by atoms with E-state index in [9.17, 15) is 4.79 Å². The van der Waals surface area contributed by atoms with E-state index in [1.807, 2.05) is 43.3 Å². The van der Waals surface area contributed by atoms with Crippen molar-refractivity contribution in [3.63, 3.8) is 0 Å². The molecule has 1 N–H and O–H groups in total. The van der Waals surface area contributed by atoms with Crippen LogP contribution in [0.25, 0.3) is 0 Å². The summed E-state index contributed by atoms with van der Waals surface area (Å²) >= 11 is 0. The molecule has 1 fully saturated rings. The van der Waals surface area contributed by atoms with Crippen molar-refractivity contribution in [2.45, 2.75) is 32.2 Å². The van der Waals surface area contributed by atoms with Gasteiger partial charge in [-0.25, -0.2) is 0 Å². The molecular weight excluding hydrogens is 368 g/mol. The fourth-order valence-corrected chi connectivity index (χ4v) is 3.96. The van der Waals surface area contributed by atoms with Crippen molar-refractivity contribution in [1.29, 1.82) is 0 Å². The van der Waals surface area contributed by atoms with Gasteiger partial charge in [-0.1, -0.05) is 18.2 Å². The van der Waals surface area contributed by atoms with Crippen LogP contribution in [0, 0.1) is 0 Å². The van der Waals surface area contributed by atoms with Gasteiger partial charge in [0.15, 0.2) is 11.5 Å². The first-order valence-corrected chi connectivity index (χ1v) is 10.3. The molecule has 154 valence electrons. The molecule has 2 aromatic carbocycles. The van der Waals surface area contributed by atoms with Crippen molar-refractivity contribution in [2.75, 3.05) is 33.0 Å². The van der Waals surface area contributed by atoms with Crippen LogP contribution in [0.15, 0.2) is 42.5 Å². The maximum Gasteiger partial charge on any atom is 0.231 e. The summed E-state index contributed by atoms with van der Waals surface area (Å²) in [6.45, 7) is 5.54. The highest BCUT2D eigenvalue weighted by molar-refractivity contribution is 5.78. The number of likely N-dealkylation sites (tertiary alicyclic amines) is 1. The Morgan fingerprint density at radius 3 is 2.62 bits per heavy atom. The SMILES string of the molecule is CCOc1ccc(CC(=O)NCC(c2ccc3c(c2)OCO3)N2CCCC2)cc1. The van der Waals surface area contributed by atoms with Crippen LogP contribution in [0.4, 0.5) is 0 Å². The molecule has 0 bridgehead atoms. The summed E-state index contributed by atoms with van der Waals surface area (Å²) in [5, 5.41) is 3.13. The Labute approximate surface area is 171 Å². The lowest BCUT2D eigenvalue weighted by Crippen LogP contribution is -2.37. The van der Waals surface area contributed by atoms with Gasteiger partial charge in [-0.3, -0.25) is 9.69 Å². The number of benzene rings is 2. The van der Waals surface area contributed by atoms with E-state index < -0.39 is 0 Å². The van der Waals surface area contributed by atoms with Crippen molar-refractivity contribution in [1.82, 2.24) is 10.2 Å². The van der Waals surface area contributed by atoms with E-state index in [1.54, 1.807) is 0 Å². The predicted molar refractivity (Wildman–Crippen MR) is 110 cm³/mol. The van der Waals surface area contributed by atoms with Gasteiger partial charge in [0.1, 0.15) is 5.75 Å². The van der Waals surface area contributed by atoms with Crippen molar-refractivity contribution in [3.05, 3.63) is 53.6 Å². The second-order valence-corrected chi connectivity index (χ2v) is 7.43. The molecule has 2 heterocycles. The third-order valence-corrected chi connectivity index (χ3v) is 5.45. The third-order valence-electron chi connectivity index (χ3n) is 5.45. The molecule has 0 aromatic heterocycles. The van der Waals surface area contributed by atoms with Gasteiger partial charge in [0, 0.05) is 6.54 Å². The quantitative estimate of drug-likeness (QED) is 0.742. The van der Waals surface area contributed by atoms with Gasteiger partial charge in [-0.15, -0.1) is 0 Å². The minimum absolute atomic E-state index is 0.0269. The highest BCUT2D eigenvalue weighted by atomic mass is 16.7. The summed E-state index contributed by atoms with van der Waals surface area (Å²) in [6, 6.07) is 13.9. The number of hydrogen-bond acceptors (Lipinski definition) is 5. The van der Waals surface area contributed by atoms with Crippen molar-refractivity contribution < 1.29 is 19.0 Å². The van der Waals surface area contributed by atoms with Gasteiger partial charge in [-0.2, -0.15) is 0 Å². The van der Waals surface area contributed by atoms with E-state index >= 15 is 0 Å². The molecule has 1 amide bonds. The largest absolute Gasteiger partial charge is 0.494 e. The number of fused-ring (bicyclic) bond motifs is 1. The normalized spacial score (nSPS) is 16.6. The second kappa shape index (κ2) is 9.18. The van der Waals surface area contributed by atoms with E-state index in [-0.39, 0.29) is 18.7 Å². The van der Waals surface area contributed by atoms with Gasteiger partial charge >= 0.3 is 0 Å². The zero-order valence-corrected chi connectivity index (χ0v) is 16.9. The monoisotopic (exact) mass is 396 g/mol. The van der Waals surface area contributed by atoms with Gasteiger partial charge in [-0.05, 0) is 68.2 Å². The molecule has 0 saturated carbocycles. The number of nitrogens with zero attached hydrogens (tertiary/aromatic N) is 1. The topological polar surface area (TPSA) is 60.0 Å². The molecule has 0 radical (unpaired) electrons. The Kier molecular flexibility index (Phi) is 6.20. The highest BCUT2D eigenvalue weighted by Crippen LogP contribution is 2.36. The van der Waals surface area contributed by atoms with E-state index in [4.69, 9.17) is 14.2 Å². The number of carbonyl (C=O) groups is 1. The Morgan fingerprint density at radius 1 is 1.10 bits per heavy atom. The average molecular weight is 396 g/mol. The smallest absolute Gasteiger partial charge is 0.231 e. The standard InChI is InChI=1S/C23H28N2O4/c1-2-27-19-8-5-17(6-9-19)13-23(26)24-15-20(25-11-3-4-12-25)18-7-10-21-22(14-18)29-16-28-21/h5-10,14,20H,2-4,11-13,15-16H2,1H3,(H,24,26). The fourth-order valence-electron chi connectivity index (χ4n) is 3.96.